The quantitative estimate of drug-likeness (QED) is 0.756. The average Bonchev–Trinajstić information content (AvgIpc) is 2.17. The van der Waals surface area contributed by atoms with Gasteiger partial charge in [0.15, 0.2) is 0 Å². The van der Waals surface area contributed by atoms with Crippen LogP contribution in [0.25, 0.3) is 0 Å². The van der Waals surface area contributed by atoms with Gasteiger partial charge in [0, 0.05) is 11.6 Å². The van der Waals surface area contributed by atoms with Crippen molar-refractivity contribution in [3.63, 3.8) is 0 Å². The van der Waals surface area contributed by atoms with E-state index in [4.69, 9.17) is 16.2 Å². The first-order valence-corrected chi connectivity index (χ1v) is 4.87. The molecule has 1 aromatic rings. The van der Waals surface area contributed by atoms with Gasteiger partial charge < -0.3 is 16.2 Å². The van der Waals surface area contributed by atoms with Crippen LogP contribution >= 0.6 is 0 Å². The molecule has 15 heavy (non-hydrogen) atoms. The van der Waals surface area contributed by atoms with Crippen LogP contribution in [0.3, 0.4) is 0 Å². The second-order valence-corrected chi connectivity index (χ2v) is 3.39. The smallest absolute Gasteiger partial charge is 0.220 e. The molecule has 1 amide bonds. The third kappa shape index (κ3) is 3.59. The standard InChI is InChI=1S/C11H16N2O2/c1-8(12)9-4-2-3-5-10(9)15-7-6-11(13)14/h2-5,8H,6-7,12H2,1H3,(H2,13,14). The Balaban J connectivity index is 2.63. The summed E-state index contributed by atoms with van der Waals surface area (Å²) in [5.41, 5.74) is 11.7. The molecule has 1 aromatic carbocycles. The van der Waals surface area contributed by atoms with E-state index in [0.717, 1.165) is 5.56 Å². The van der Waals surface area contributed by atoms with E-state index in [9.17, 15) is 4.79 Å². The minimum Gasteiger partial charge on any atom is -0.493 e. The summed E-state index contributed by atoms with van der Waals surface area (Å²) in [6.07, 6.45) is 0.216. The summed E-state index contributed by atoms with van der Waals surface area (Å²) < 4.78 is 5.43. The van der Waals surface area contributed by atoms with Gasteiger partial charge in [-0.05, 0) is 13.0 Å². The molecule has 1 atom stereocenters. The molecule has 1 unspecified atom stereocenters. The number of primary amides is 1. The number of ether oxygens (including phenoxy) is 1. The van der Waals surface area contributed by atoms with Gasteiger partial charge in [0.25, 0.3) is 0 Å². The van der Waals surface area contributed by atoms with Crippen molar-refractivity contribution in [2.75, 3.05) is 6.61 Å². The molecule has 0 fully saturated rings. The van der Waals surface area contributed by atoms with Gasteiger partial charge in [-0.25, -0.2) is 0 Å². The first kappa shape index (κ1) is 11.5. The minimum absolute atomic E-state index is 0.0882. The third-order valence-electron chi connectivity index (χ3n) is 2.02. The third-order valence-corrected chi connectivity index (χ3v) is 2.02. The summed E-state index contributed by atoms with van der Waals surface area (Å²) in [4.78, 5) is 10.5. The number of para-hydroxylation sites is 1. The average molecular weight is 208 g/mol. The van der Waals surface area contributed by atoms with E-state index in [1.807, 2.05) is 31.2 Å². The maximum absolute atomic E-state index is 10.5. The number of hydrogen-bond donors (Lipinski definition) is 2. The van der Waals surface area contributed by atoms with E-state index in [1.165, 1.54) is 0 Å². The molecule has 0 radical (unpaired) electrons. The van der Waals surface area contributed by atoms with Crippen LogP contribution in [0.2, 0.25) is 0 Å². The molecular formula is C11H16N2O2. The van der Waals surface area contributed by atoms with Gasteiger partial charge in [-0.3, -0.25) is 4.79 Å². The van der Waals surface area contributed by atoms with Gasteiger partial charge in [0.05, 0.1) is 13.0 Å². The maximum atomic E-state index is 10.5. The van der Waals surface area contributed by atoms with Crippen LogP contribution in [0, 0.1) is 0 Å². The number of nitrogens with two attached hydrogens (primary N) is 2. The highest BCUT2D eigenvalue weighted by molar-refractivity contribution is 5.73. The van der Waals surface area contributed by atoms with Crippen molar-refractivity contribution in [1.82, 2.24) is 0 Å². The molecule has 0 saturated carbocycles. The number of rotatable bonds is 5. The zero-order valence-electron chi connectivity index (χ0n) is 8.77. The molecular weight excluding hydrogens is 192 g/mol. The van der Waals surface area contributed by atoms with E-state index in [-0.39, 0.29) is 18.4 Å². The lowest BCUT2D eigenvalue weighted by atomic mass is 10.1. The number of hydrogen-bond acceptors (Lipinski definition) is 3. The lowest BCUT2D eigenvalue weighted by Gasteiger charge is -2.12. The Morgan fingerprint density at radius 2 is 2.13 bits per heavy atom. The topological polar surface area (TPSA) is 78.3 Å². The van der Waals surface area contributed by atoms with E-state index in [2.05, 4.69) is 0 Å². The van der Waals surface area contributed by atoms with Crippen LogP contribution in [0.4, 0.5) is 0 Å². The van der Waals surface area contributed by atoms with Crippen molar-refractivity contribution < 1.29 is 9.53 Å². The summed E-state index contributed by atoms with van der Waals surface area (Å²) in [6.45, 7) is 2.18. The maximum Gasteiger partial charge on any atom is 0.220 e. The Morgan fingerprint density at radius 3 is 2.73 bits per heavy atom. The highest BCUT2D eigenvalue weighted by Crippen LogP contribution is 2.23. The fourth-order valence-corrected chi connectivity index (χ4v) is 1.25. The number of carbonyl (C=O) groups excluding carboxylic acids is 1. The number of carbonyl (C=O) groups is 1. The predicted molar refractivity (Wildman–Crippen MR) is 58.4 cm³/mol. The normalized spacial score (nSPS) is 12.1. The van der Waals surface area contributed by atoms with Crippen molar-refractivity contribution in [2.24, 2.45) is 11.5 Å². The van der Waals surface area contributed by atoms with Gasteiger partial charge in [0.2, 0.25) is 5.91 Å². The monoisotopic (exact) mass is 208 g/mol. The van der Waals surface area contributed by atoms with Crippen molar-refractivity contribution in [2.45, 2.75) is 19.4 Å². The Bertz CT molecular complexity index is 337. The second-order valence-electron chi connectivity index (χ2n) is 3.39. The van der Waals surface area contributed by atoms with E-state index >= 15 is 0 Å². The van der Waals surface area contributed by atoms with Crippen molar-refractivity contribution in [1.29, 1.82) is 0 Å². The summed E-state index contributed by atoms with van der Waals surface area (Å²) in [5.74, 6) is 0.349. The molecule has 4 N–H and O–H groups in total. The van der Waals surface area contributed by atoms with Crippen LogP contribution in [0.5, 0.6) is 5.75 Å². The highest BCUT2D eigenvalue weighted by atomic mass is 16.5. The van der Waals surface area contributed by atoms with Crippen molar-refractivity contribution >= 4 is 5.91 Å². The van der Waals surface area contributed by atoms with Crippen molar-refractivity contribution in [3.8, 4) is 5.75 Å². The molecule has 4 nitrogen and oxygen atoms in total. The first-order valence-electron chi connectivity index (χ1n) is 4.87. The van der Waals surface area contributed by atoms with E-state index < -0.39 is 0 Å². The van der Waals surface area contributed by atoms with Gasteiger partial charge in [-0.2, -0.15) is 0 Å². The van der Waals surface area contributed by atoms with E-state index in [1.54, 1.807) is 0 Å². The summed E-state index contributed by atoms with van der Waals surface area (Å²) in [6, 6.07) is 7.42. The summed E-state index contributed by atoms with van der Waals surface area (Å²) in [7, 11) is 0. The lowest BCUT2D eigenvalue weighted by molar-refractivity contribution is -0.118. The van der Waals surface area contributed by atoms with Gasteiger partial charge in [-0.1, -0.05) is 18.2 Å². The Hall–Kier alpha value is -1.55. The Morgan fingerprint density at radius 1 is 1.47 bits per heavy atom. The largest absolute Gasteiger partial charge is 0.493 e. The SMILES string of the molecule is CC(N)c1ccccc1OCCC(N)=O. The molecule has 0 aliphatic heterocycles. The molecule has 82 valence electrons. The Labute approximate surface area is 89.2 Å². The molecule has 4 heteroatoms. The molecule has 0 spiro atoms. The van der Waals surface area contributed by atoms with Gasteiger partial charge in [0.1, 0.15) is 5.75 Å². The molecule has 0 aromatic heterocycles. The fraction of sp³-hybridized carbons (Fsp3) is 0.364. The van der Waals surface area contributed by atoms with Crippen LogP contribution in [0.15, 0.2) is 24.3 Å². The first-order chi connectivity index (χ1) is 7.11. The molecule has 0 heterocycles. The molecule has 0 aliphatic carbocycles. The molecule has 0 aliphatic rings. The number of amides is 1. The molecule has 0 bridgehead atoms. The van der Waals surface area contributed by atoms with Crippen LogP contribution in [-0.4, -0.2) is 12.5 Å². The zero-order chi connectivity index (χ0) is 11.3. The number of benzene rings is 1. The Kier molecular flexibility index (Phi) is 4.12. The minimum atomic E-state index is -0.367. The highest BCUT2D eigenvalue weighted by Gasteiger charge is 2.06. The van der Waals surface area contributed by atoms with E-state index in [0.29, 0.717) is 12.4 Å². The molecule has 0 saturated heterocycles. The summed E-state index contributed by atoms with van der Waals surface area (Å²) >= 11 is 0. The summed E-state index contributed by atoms with van der Waals surface area (Å²) in [5, 5.41) is 0. The zero-order valence-corrected chi connectivity index (χ0v) is 8.77. The second kappa shape index (κ2) is 5.36. The van der Waals surface area contributed by atoms with Gasteiger partial charge in [-0.15, -0.1) is 0 Å². The van der Waals surface area contributed by atoms with Crippen LogP contribution in [-0.2, 0) is 4.79 Å². The molecule has 1 rings (SSSR count). The van der Waals surface area contributed by atoms with Crippen LogP contribution < -0.4 is 16.2 Å². The predicted octanol–water partition coefficient (Wildman–Crippen LogP) is 0.961. The fourth-order valence-electron chi connectivity index (χ4n) is 1.25. The van der Waals surface area contributed by atoms with Gasteiger partial charge >= 0.3 is 0 Å². The van der Waals surface area contributed by atoms with Crippen LogP contribution in [0.1, 0.15) is 24.9 Å². The lowest BCUT2D eigenvalue weighted by Crippen LogP contribution is -2.15. The van der Waals surface area contributed by atoms with Crippen molar-refractivity contribution in [3.05, 3.63) is 29.8 Å².